The van der Waals surface area contributed by atoms with Crippen LogP contribution in [0.1, 0.15) is 22.0 Å². The lowest BCUT2D eigenvalue weighted by Crippen LogP contribution is -2.11. The van der Waals surface area contributed by atoms with Crippen molar-refractivity contribution in [3.8, 4) is 0 Å². The average Bonchev–Trinajstić information content (AvgIpc) is 2.81. The van der Waals surface area contributed by atoms with Crippen molar-refractivity contribution in [1.29, 1.82) is 0 Å². The van der Waals surface area contributed by atoms with Gasteiger partial charge in [0.05, 0.1) is 12.7 Å². The van der Waals surface area contributed by atoms with E-state index < -0.39 is 0 Å². The molecule has 5 nitrogen and oxygen atoms in total. The summed E-state index contributed by atoms with van der Waals surface area (Å²) < 4.78 is 5.16. The molecule has 0 aliphatic rings. The lowest BCUT2D eigenvalue weighted by atomic mass is 10.2. The minimum Gasteiger partial charge on any atom is -0.434 e. The molecule has 0 bridgehead atoms. The summed E-state index contributed by atoms with van der Waals surface area (Å²) in [6.07, 6.45) is 1.35. The summed E-state index contributed by atoms with van der Waals surface area (Å²) in [6, 6.07) is 5.20. The molecule has 0 saturated heterocycles. The van der Waals surface area contributed by atoms with Crippen LogP contribution in [0.5, 0.6) is 0 Å². The van der Waals surface area contributed by atoms with Gasteiger partial charge in [0.25, 0.3) is 5.91 Å². The van der Waals surface area contributed by atoms with Crippen molar-refractivity contribution in [2.75, 3.05) is 5.32 Å². The van der Waals surface area contributed by atoms with Crippen LogP contribution in [-0.2, 0) is 6.54 Å². The zero-order chi connectivity index (χ0) is 13.1. The number of aromatic nitrogens is 1. The van der Waals surface area contributed by atoms with E-state index in [1.165, 1.54) is 6.20 Å². The Balaban J connectivity index is 2.16. The quantitative estimate of drug-likeness (QED) is 0.893. The standard InChI is InChI=1S/C12H12ClN3O2/c1-7-4-8(13)2-3-9(7)16-12(17)10-6-15-11(5-14)18-10/h2-4,6H,5,14H2,1H3,(H,16,17). The molecule has 3 N–H and O–H groups in total. The normalized spacial score (nSPS) is 10.4. The van der Waals surface area contributed by atoms with Crippen LogP contribution >= 0.6 is 11.6 Å². The highest BCUT2D eigenvalue weighted by atomic mass is 35.5. The lowest BCUT2D eigenvalue weighted by molar-refractivity contribution is 0.0995. The Bertz CT molecular complexity index is 580. The molecule has 1 heterocycles. The Hall–Kier alpha value is -1.85. The number of hydrogen-bond acceptors (Lipinski definition) is 4. The van der Waals surface area contributed by atoms with E-state index >= 15 is 0 Å². The highest BCUT2D eigenvalue weighted by Gasteiger charge is 2.13. The minimum absolute atomic E-state index is 0.129. The number of nitrogens with one attached hydrogen (secondary N) is 1. The third-order valence-corrected chi connectivity index (χ3v) is 2.62. The number of rotatable bonds is 3. The number of amides is 1. The molecule has 0 aliphatic heterocycles. The molecule has 0 spiro atoms. The Labute approximate surface area is 109 Å². The molecule has 0 fully saturated rings. The fourth-order valence-corrected chi connectivity index (χ4v) is 1.69. The molecule has 1 aromatic carbocycles. The fourth-order valence-electron chi connectivity index (χ4n) is 1.46. The summed E-state index contributed by atoms with van der Waals surface area (Å²) >= 11 is 5.84. The van der Waals surface area contributed by atoms with Gasteiger partial charge in [0, 0.05) is 10.7 Å². The van der Waals surface area contributed by atoms with Crippen LogP contribution in [0.2, 0.25) is 5.02 Å². The number of benzene rings is 1. The number of nitrogens with zero attached hydrogens (tertiary/aromatic N) is 1. The highest BCUT2D eigenvalue weighted by molar-refractivity contribution is 6.30. The first-order chi connectivity index (χ1) is 8.60. The fraction of sp³-hybridized carbons (Fsp3) is 0.167. The number of carbonyl (C=O) groups excluding carboxylic acids is 1. The first kappa shape index (κ1) is 12.6. The molecule has 2 rings (SSSR count). The molecule has 0 atom stereocenters. The van der Waals surface area contributed by atoms with Crippen molar-refractivity contribution in [2.24, 2.45) is 5.73 Å². The van der Waals surface area contributed by atoms with E-state index in [2.05, 4.69) is 10.3 Å². The number of halogens is 1. The number of aryl methyl sites for hydroxylation is 1. The van der Waals surface area contributed by atoms with Crippen molar-refractivity contribution in [1.82, 2.24) is 4.98 Å². The van der Waals surface area contributed by atoms with Crippen LogP contribution < -0.4 is 11.1 Å². The first-order valence-corrected chi connectivity index (χ1v) is 5.70. The zero-order valence-electron chi connectivity index (χ0n) is 9.74. The van der Waals surface area contributed by atoms with Crippen LogP contribution in [0.25, 0.3) is 0 Å². The van der Waals surface area contributed by atoms with E-state index in [1.54, 1.807) is 18.2 Å². The third-order valence-electron chi connectivity index (χ3n) is 2.39. The minimum atomic E-state index is -0.368. The Kier molecular flexibility index (Phi) is 3.64. The van der Waals surface area contributed by atoms with Crippen LogP contribution in [0.4, 0.5) is 5.69 Å². The average molecular weight is 266 g/mol. The SMILES string of the molecule is Cc1cc(Cl)ccc1NC(=O)c1cnc(CN)o1. The topological polar surface area (TPSA) is 81.2 Å². The summed E-state index contributed by atoms with van der Waals surface area (Å²) in [5.74, 6) is 0.0883. The molecule has 0 unspecified atom stereocenters. The van der Waals surface area contributed by atoms with Crippen molar-refractivity contribution < 1.29 is 9.21 Å². The molecule has 1 amide bonds. The second-order valence-corrected chi connectivity index (χ2v) is 4.17. The second kappa shape index (κ2) is 5.20. The second-order valence-electron chi connectivity index (χ2n) is 3.74. The largest absolute Gasteiger partial charge is 0.434 e. The number of oxazole rings is 1. The summed E-state index contributed by atoms with van der Waals surface area (Å²) in [5, 5.41) is 3.34. The summed E-state index contributed by atoms with van der Waals surface area (Å²) in [6.45, 7) is 2.01. The van der Waals surface area contributed by atoms with Crippen LogP contribution in [0.15, 0.2) is 28.8 Å². The number of nitrogens with two attached hydrogens (primary N) is 1. The third kappa shape index (κ3) is 2.69. The van der Waals surface area contributed by atoms with Crippen molar-refractivity contribution in [3.63, 3.8) is 0 Å². The maximum absolute atomic E-state index is 11.9. The molecule has 6 heteroatoms. The predicted octanol–water partition coefficient (Wildman–Crippen LogP) is 2.35. The maximum atomic E-state index is 11.9. The van der Waals surface area contributed by atoms with Crippen LogP contribution in [-0.4, -0.2) is 10.9 Å². The number of carbonyl (C=O) groups is 1. The highest BCUT2D eigenvalue weighted by Crippen LogP contribution is 2.20. The molecule has 1 aromatic heterocycles. The summed E-state index contributed by atoms with van der Waals surface area (Å²) in [7, 11) is 0. The van der Waals surface area contributed by atoms with Crippen molar-refractivity contribution in [2.45, 2.75) is 13.5 Å². The van der Waals surface area contributed by atoms with Crippen molar-refractivity contribution in [3.05, 3.63) is 46.6 Å². The monoisotopic (exact) mass is 265 g/mol. The summed E-state index contributed by atoms with van der Waals surface area (Å²) in [5.41, 5.74) is 6.90. The maximum Gasteiger partial charge on any atom is 0.293 e. The van der Waals surface area contributed by atoms with Gasteiger partial charge >= 0.3 is 0 Å². The van der Waals surface area contributed by atoms with E-state index in [1.807, 2.05) is 6.92 Å². The van der Waals surface area contributed by atoms with Gasteiger partial charge in [-0.3, -0.25) is 4.79 Å². The zero-order valence-corrected chi connectivity index (χ0v) is 10.5. The van der Waals surface area contributed by atoms with Gasteiger partial charge in [0.1, 0.15) is 0 Å². The van der Waals surface area contributed by atoms with Gasteiger partial charge in [0.2, 0.25) is 11.7 Å². The van der Waals surface area contributed by atoms with E-state index in [9.17, 15) is 4.79 Å². The Morgan fingerprint density at radius 3 is 2.94 bits per heavy atom. The molecule has 0 radical (unpaired) electrons. The molecule has 18 heavy (non-hydrogen) atoms. The number of hydrogen-bond donors (Lipinski definition) is 2. The van der Waals surface area contributed by atoms with E-state index in [0.717, 1.165) is 5.56 Å². The van der Waals surface area contributed by atoms with Gasteiger partial charge in [0.15, 0.2) is 0 Å². The van der Waals surface area contributed by atoms with Crippen molar-refractivity contribution >= 4 is 23.2 Å². The molecule has 0 saturated carbocycles. The van der Waals surface area contributed by atoms with Gasteiger partial charge in [-0.2, -0.15) is 0 Å². The van der Waals surface area contributed by atoms with Crippen LogP contribution in [0, 0.1) is 6.92 Å². The van der Waals surface area contributed by atoms with Gasteiger partial charge in [-0.25, -0.2) is 4.98 Å². The number of anilines is 1. The van der Waals surface area contributed by atoms with E-state index in [-0.39, 0.29) is 18.2 Å². The lowest BCUT2D eigenvalue weighted by Gasteiger charge is -2.06. The predicted molar refractivity (Wildman–Crippen MR) is 68.5 cm³/mol. The first-order valence-electron chi connectivity index (χ1n) is 5.32. The molecule has 0 aliphatic carbocycles. The molecule has 94 valence electrons. The van der Waals surface area contributed by atoms with E-state index in [0.29, 0.717) is 16.6 Å². The van der Waals surface area contributed by atoms with E-state index in [4.69, 9.17) is 21.8 Å². The molecular formula is C12H12ClN3O2. The molecular weight excluding hydrogens is 254 g/mol. The smallest absolute Gasteiger partial charge is 0.293 e. The van der Waals surface area contributed by atoms with Gasteiger partial charge in [-0.05, 0) is 30.7 Å². The molecule has 2 aromatic rings. The van der Waals surface area contributed by atoms with Gasteiger partial charge in [-0.15, -0.1) is 0 Å². The Morgan fingerprint density at radius 2 is 2.33 bits per heavy atom. The van der Waals surface area contributed by atoms with Gasteiger partial charge < -0.3 is 15.5 Å². The van der Waals surface area contributed by atoms with Crippen LogP contribution in [0.3, 0.4) is 0 Å². The summed E-state index contributed by atoms with van der Waals surface area (Å²) in [4.78, 5) is 15.7. The Morgan fingerprint density at radius 1 is 1.56 bits per heavy atom. The van der Waals surface area contributed by atoms with Gasteiger partial charge in [-0.1, -0.05) is 11.6 Å².